The van der Waals surface area contributed by atoms with Gasteiger partial charge in [-0.15, -0.1) is 0 Å². The van der Waals surface area contributed by atoms with Crippen molar-refractivity contribution < 1.29 is 0 Å². The highest BCUT2D eigenvalue weighted by molar-refractivity contribution is 5.98. The van der Waals surface area contributed by atoms with Crippen LogP contribution in [0.25, 0.3) is 33.4 Å². The second-order valence-corrected chi connectivity index (χ2v) is 19.8. The highest BCUT2D eigenvalue weighted by Crippen LogP contribution is 2.60. The van der Waals surface area contributed by atoms with Gasteiger partial charge in [0.2, 0.25) is 0 Å². The van der Waals surface area contributed by atoms with Crippen LogP contribution >= 0.6 is 0 Å². The van der Waals surface area contributed by atoms with Gasteiger partial charge in [0.15, 0.2) is 0 Å². The molecular formula is C62H57N. The second-order valence-electron chi connectivity index (χ2n) is 19.8. The van der Waals surface area contributed by atoms with Gasteiger partial charge in [0.05, 0.1) is 11.1 Å². The molecule has 3 aliphatic carbocycles. The summed E-state index contributed by atoms with van der Waals surface area (Å²) in [5, 5.41) is 0. The number of rotatable bonds is 7. The first-order valence-electron chi connectivity index (χ1n) is 23.3. The molecule has 8 aromatic rings. The molecule has 0 fully saturated rings. The van der Waals surface area contributed by atoms with E-state index in [4.69, 9.17) is 0 Å². The van der Waals surface area contributed by atoms with E-state index in [1.165, 1.54) is 114 Å². The van der Waals surface area contributed by atoms with E-state index in [9.17, 15) is 0 Å². The maximum atomic E-state index is 2.62. The van der Waals surface area contributed by atoms with Gasteiger partial charge in [-0.2, -0.15) is 0 Å². The number of benzene rings is 8. The van der Waals surface area contributed by atoms with Gasteiger partial charge < -0.3 is 4.90 Å². The van der Waals surface area contributed by atoms with Crippen LogP contribution in [0.3, 0.4) is 0 Å². The minimum atomic E-state index is -0.535. The summed E-state index contributed by atoms with van der Waals surface area (Å²) in [5.74, 6) is 0. The summed E-state index contributed by atoms with van der Waals surface area (Å²) in [6, 6.07) is 69.4. The average molecular weight is 816 g/mol. The molecule has 1 heteroatoms. The van der Waals surface area contributed by atoms with E-state index in [1.54, 1.807) is 0 Å². The zero-order valence-corrected chi connectivity index (χ0v) is 37.5. The van der Waals surface area contributed by atoms with Crippen LogP contribution in [0.5, 0.6) is 0 Å². The summed E-state index contributed by atoms with van der Waals surface area (Å²) >= 11 is 0. The van der Waals surface area contributed by atoms with Crippen LogP contribution in [0.15, 0.2) is 182 Å². The van der Waals surface area contributed by atoms with Gasteiger partial charge in [-0.25, -0.2) is 0 Å². The van der Waals surface area contributed by atoms with Crippen molar-refractivity contribution in [2.24, 2.45) is 0 Å². The van der Waals surface area contributed by atoms with E-state index in [-0.39, 0.29) is 10.8 Å². The predicted molar refractivity (Wildman–Crippen MR) is 266 cm³/mol. The van der Waals surface area contributed by atoms with Crippen LogP contribution in [-0.2, 0) is 29.1 Å². The largest absolute Gasteiger partial charge is 0.310 e. The fraction of sp³-hybridized carbons (Fsp3) is 0.226. The first-order chi connectivity index (χ1) is 30.6. The number of fused-ring (bicyclic) bond motifs is 5. The van der Waals surface area contributed by atoms with E-state index in [2.05, 4.69) is 222 Å². The zero-order chi connectivity index (χ0) is 42.9. The summed E-state index contributed by atoms with van der Waals surface area (Å²) in [7, 11) is 0. The first-order valence-corrected chi connectivity index (χ1v) is 23.3. The Bertz CT molecular complexity index is 2950. The molecule has 0 heterocycles. The third-order valence-electron chi connectivity index (χ3n) is 15.1. The smallest absolute Gasteiger partial charge is 0.0714 e. The Kier molecular flexibility index (Phi) is 9.46. The van der Waals surface area contributed by atoms with Crippen LogP contribution < -0.4 is 4.90 Å². The molecule has 0 N–H and O–H groups in total. The molecule has 1 nitrogen and oxygen atoms in total. The normalized spacial score (nSPS) is 16.3. The number of nitrogens with zero attached hydrogens (tertiary/aromatic N) is 1. The molecule has 3 aliphatic rings. The number of aryl methyl sites for hydroxylation is 3. The fourth-order valence-electron chi connectivity index (χ4n) is 11.8. The van der Waals surface area contributed by atoms with Gasteiger partial charge in [0.1, 0.15) is 0 Å². The van der Waals surface area contributed by atoms with Gasteiger partial charge in [-0.05, 0) is 171 Å². The Balaban J connectivity index is 1.29. The van der Waals surface area contributed by atoms with Gasteiger partial charge in [0.25, 0.3) is 0 Å². The molecule has 8 aromatic carbocycles. The molecule has 0 aliphatic heterocycles. The average Bonchev–Trinajstić information content (AvgIpc) is 3.61. The van der Waals surface area contributed by atoms with Crippen molar-refractivity contribution in [3.05, 3.63) is 232 Å². The van der Waals surface area contributed by atoms with Gasteiger partial charge in [-0.3, -0.25) is 0 Å². The first kappa shape index (κ1) is 39.4. The summed E-state index contributed by atoms with van der Waals surface area (Å²) in [6.45, 7) is 12.3. The van der Waals surface area contributed by atoms with Crippen molar-refractivity contribution >= 4 is 17.1 Å². The number of anilines is 3. The van der Waals surface area contributed by atoms with Crippen molar-refractivity contribution in [2.45, 2.75) is 89.4 Å². The molecule has 63 heavy (non-hydrogen) atoms. The van der Waals surface area contributed by atoms with E-state index >= 15 is 0 Å². The summed E-state index contributed by atoms with van der Waals surface area (Å²) < 4.78 is 0. The Morgan fingerprint density at radius 2 is 1.02 bits per heavy atom. The Morgan fingerprint density at radius 1 is 0.429 bits per heavy atom. The fourth-order valence-corrected chi connectivity index (χ4v) is 11.8. The monoisotopic (exact) mass is 815 g/mol. The lowest BCUT2D eigenvalue weighted by Gasteiger charge is -2.44. The Hall–Kier alpha value is -6.44. The third kappa shape index (κ3) is 6.34. The molecule has 0 atom stereocenters. The zero-order valence-electron chi connectivity index (χ0n) is 37.5. The molecule has 0 spiro atoms. The Morgan fingerprint density at radius 3 is 1.71 bits per heavy atom. The van der Waals surface area contributed by atoms with Crippen LogP contribution in [0.1, 0.15) is 103 Å². The van der Waals surface area contributed by atoms with Gasteiger partial charge in [-0.1, -0.05) is 173 Å². The van der Waals surface area contributed by atoms with Crippen molar-refractivity contribution in [2.75, 3.05) is 4.90 Å². The predicted octanol–water partition coefficient (Wildman–Crippen LogP) is 16.4. The molecule has 310 valence electrons. The molecule has 0 saturated carbocycles. The molecule has 0 unspecified atom stereocenters. The lowest BCUT2D eigenvalue weighted by molar-refractivity contribution is 0.332. The number of hydrogen-bond acceptors (Lipinski definition) is 1. The van der Waals surface area contributed by atoms with Gasteiger partial charge in [0, 0.05) is 16.9 Å². The minimum Gasteiger partial charge on any atom is -0.310 e. The van der Waals surface area contributed by atoms with Crippen molar-refractivity contribution in [1.82, 2.24) is 0 Å². The van der Waals surface area contributed by atoms with Crippen LogP contribution in [0.2, 0.25) is 0 Å². The summed E-state index contributed by atoms with van der Waals surface area (Å²) in [6.07, 6.45) is 7.09. The lowest BCUT2D eigenvalue weighted by atomic mass is 9.61. The SMILES string of the molecule is Cc1ccc2c(c1-c1cc3c(cc1N(c1ccc(-c4ccccc4)cc1)c1ccc4c(c1)CCCC4)C(c1ccccc1)(c1ccccc1)c1ccccc1-3)C(C)(C)CCC2(C)C. The minimum absolute atomic E-state index is 0.00772. The highest BCUT2D eigenvalue weighted by atomic mass is 15.1. The van der Waals surface area contributed by atoms with E-state index < -0.39 is 5.41 Å². The standard InChI is InChI=1S/C62H57N/c1-42-29-36-55-59(61(4,5)38-37-60(55,2)3)58(42)53-40-52-51-27-17-18-28-54(51)62(47-23-11-7-12-24-47,48-25-13-8-14-26-48)56(52)41-57(53)63(50-35-32-44-21-15-16-22-46(44)39-50)49-33-30-45(31-34-49)43-19-9-6-10-20-43/h6-14,17-20,23-36,39-41H,15-16,21-22,37-38H2,1-5H3. The lowest BCUT2D eigenvalue weighted by Crippen LogP contribution is -2.34. The van der Waals surface area contributed by atoms with E-state index in [0.29, 0.717) is 0 Å². The molecule has 0 radical (unpaired) electrons. The third-order valence-corrected chi connectivity index (χ3v) is 15.1. The van der Waals surface area contributed by atoms with Crippen molar-refractivity contribution in [3.8, 4) is 33.4 Å². The van der Waals surface area contributed by atoms with Crippen LogP contribution in [0, 0.1) is 6.92 Å². The van der Waals surface area contributed by atoms with Crippen molar-refractivity contribution in [3.63, 3.8) is 0 Å². The quantitative estimate of drug-likeness (QED) is 0.155. The molecule has 11 rings (SSSR count). The molecule has 0 bridgehead atoms. The molecular weight excluding hydrogens is 759 g/mol. The molecule has 0 saturated heterocycles. The molecule has 0 aromatic heterocycles. The maximum Gasteiger partial charge on any atom is 0.0714 e. The highest BCUT2D eigenvalue weighted by Gasteiger charge is 2.47. The van der Waals surface area contributed by atoms with E-state index in [1.807, 2.05) is 0 Å². The topological polar surface area (TPSA) is 3.24 Å². The van der Waals surface area contributed by atoms with Crippen LogP contribution in [0.4, 0.5) is 17.1 Å². The molecule has 0 amide bonds. The summed E-state index contributed by atoms with van der Waals surface area (Å²) in [5.41, 5.74) is 23.4. The van der Waals surface area contributed by atoms with Crippen LogP contribution in [-0.4, -0.2) is 0 Å². The van der Waals surface area contributed by atoms with Gasteiger partial charge >= 0.3 is 0 Å². The number of hydrogen-bond donors (Lipinski definition) is 0. The summed E-state index contributed by atoms with van der Waals surface area (Å²) in [4.78, 5) is 2.61. The van der Waals surface area contributed by atoms with E-state index in [0.717, 1.165) is 24.9 Å². The maximum absolute atomic E-state index is 2.62. The second kappa shape index (κ2) is 15.1. The van der Waals surface area contributed by atoms with Crippen molar-refractivity contribution in [1.29, 1.82) is 0 Å². The Labute approximate surface area is 375 Å².